The van der Waals surface area contributed by atoms with Gasteiger partial charge in [0, 0.05) is 41.8 Å². The highest BCUT2D eigenvalue weighted by Gasteiger charge is 2.41. The zero-order valence-electron chi connectivity index (χ0n) is 20.4. The fourth-order valence-electron chi connectivity index (χ4n) is 6.40. The summed E-state index contributed by atoms with van der Waals surface area (Å²) in [6.07, 6.45) is 8.22. The highest BCUT2D eigenvalue weighted by Crippen LogP contribution is 2.37. The molecule has 4 heteroatoms. The molecule has 2 fully saturated rings. The molecule has 2 aliphatic rings. The lowest BCUT2D eigenvalue weighted by Gasteiger charge is -2.40. The van der Waals surface area contributed by atoms with Crippen molar-refractivity contribution in [3.63, 3.8) is 0 Å². The quantitative estimate of drug-likeness (QED) is 0.324. The minimum atomic E-state index is -0.182. The number of para-hydroxylation sites is 1. The Balaban J connectivity index is 1.15. The average Bonchev–Trinajstić information content (AvgIpc) is 3.39. The first-order valence-electron chi connectivity index (χ1n) is 13.0. The van der Waals surface area contributed by atoms with Gasteiger partial charge >= 0.3 is 0 Å². The number of piperidine rings is 1. The van der Waals surface area contributed by atoms with Crippen LogP contribution in [0, 0.1) is 12.7 Å². The van der Waals surface area contributed by atoms with Crippen LogP contribution in [0.2, 0.25) is 0 Å². The molecule has 4 aromatic rings. The molecule has 0 radical (unpaired) electrons. The fraction of sp³-hybridized carbons (Fsp3) is 0.355. The number of benzene rings is 3. The van der Waals surface area contributed by atoms with Crippen LogP contribution >= 0.6 is 0 Å². The van der Waals surface area contributed by atoms with Crippen LogP contribution in [-0.4, -0.2) is 34.6 Å². The number of aromatic nitrogens is 1. The summed E-state index contributed by atoms with van der Waals surface area (Å²) in [5.41, 5.74) is 6.29. The van der Waals surface area contributed by atoms with Gasteiger partial charge in [0.05, 0.1) is 6.04 Å². The predicted molar refractivity (Wildman–Crippen MR) is 141 cm³/mol. The highest BCUT2D eigenvalue weighted by molar-refractivity contribution is 5.83. The summed E-state index contributed by atoms with van der Waals surface area (Å²) in [4.78, 5) is 6.21. The SMILES string of the molecule is Cc1ccc(C(NC2CC3CCC(C2)N3CCc2c[nH]c3ccccc23)c2ccc(F)cc2)cc1. The standard InChI is InChI=1S/C31H34FN3/c1-21-6-8-22(9-7-21)31(23-10-12-25(32)13-11-23)34-26-18-27-14-15-28(19-26)35(27)17-16-24-20-33-30-5-3-2-4-29(24)30/h2-13,20,26-28,31,33-34H,14-19H2,1H3. The molecule has 35 heavy (non-hydrogen) atoms. The number of rotatable bonds is 7. The molecule has 3 nitrogen and oxygen atoms in total. The Morgan fingerprint density at radius 1 is 0.914 bits per heavy atom. The molecule has 2 bridgehead atoms. The minimum Gasteiger partial charge on any atom is -0.361 e. The van der Waals surface area contributed by atoms with Gasteiger partial charge in [-0.05, 0) is 73.9 Å². The Morgan fingerprint density at radius 2 is 1.57 bits per heavy atom. The Kier molecular flexibility index (Phi) is 6.17. The van der Waals surface area contributed by atoms with E-state index in [0.29, 0.717) is 18.1 Å². The lowest BCUT2D eigenvalue weighted by Crippen LogP contribution is -2.50. The second kappa shape index (κ2) is 9.60. The summed E-state index contributed by atoms with van der Waals surface area (Å²) in [6, 6.07) is 26.2. The second-order valence-electron chi connectivity index (χ2n) is 10.5. The minimum absolute atomic E-state index is 0.0818. The third-order valence-electron chi connectivity index (χ3n) is 8.21. The van der Waals surface area contributed by atoms with Gasteiger partial charge in [-0.1, -0.05) is 60.2 Å². The molecule has 3 atom stereocenters. The van der Waals surface area contributed by atoms with Crippen molar-refractivity contribution in [2.75, 3.05) is 6.54 Å². The number of hydrogen-bond acceptors (Lipinski definition) is 2. The van der Waals surface area contributed by atoms with Crippen LogP contribution < -0.4 is 5.32 Å². The molecule has 0 saturated carbocycles. The maximum atomic E-state index is 13.7. The largest absolute Gasteiger partial charge is 0.361 e. The predicted octanol–water partition coefficient (Wildman–Crippen LogP) is 6.53. The molecular formula is C31H34FN3. The van der Waals surface area contributed by atoms with E-state index < -0.39 is 0 Å². The molecule has 6 rings (SSSR count). The zero-order chi connectivity index (χ0) is 23.8. The van der Waals surface area contributed by atoms with Gasteiger partial charge in [0.1, 0.15) is 5.82 Å². The first-order chi connectivity index (χ1) is 17.1. The summed E-state index contributed by atoms with van der Waals surface area (Å²) in [7, 11) is 0. The summed E-state index contributed by atoms with van der Waals surface area (Å²) in [6.45, 7) is 3.25. The van der Waals surface area contributed by atoms with E-state index in [2.05, 4.69) is 76.9 Å². The molecular weight excluding hydrogens is 433 g/mol. The van der Waals surface area contributed by atoms with E-state index in [1.165, 1.54) is 53.3 Å². The van der Waals surface area contributed by atoms with E-state index in [-0.39, 0.29) is 11.9 Å². The van der Waals surface area contributed by atoms with Crippen LogP contribution in [0.3, 0.4) is 0 Å². The smallest absolute Gasteiger partial charge is 0.123 e. The number of aryl methyl sites for hydroxylation is 1. The molecule has 3 unspecified atom stereocenters. The van der Waals surface area contributed by atoms with E-state index in [9.17, 15) is 4.39 Å². The molecule has 0 aliphatic carbocycles. The van der Waals surface area contributed by atoms with Crippen molar-refractivity contribution in [1.82, 2.24) is 15.2 Å². The Bertz CT molecular complexity index is 1220. The molecule has 180 valence electrons. The van der Waals surface area contributed by atoms with Gasteiger partial charge in [-0.2, -0.15) is 0 Å². The summed E-state index contributed by atoms with van der Waals surface area (Å²) in [5, 5.41) is 5.35. The van der Waals surface area contributed by atoms with Gasteiger partial charge in [-0.15, -0.1) is 0 Å². The molecule has 3 heterocycles. The van der Waals surface area contributed by atoms with E-state index in [1.807, 2.05) is 12.1 Å². The lowest BCUT2D eigenvalue weighted by molar-refractivity contribution is 0.116. The molecule has 0 amide bonds. The maximum Gasteiger partial charge on any atom is 0.123 e. The van der Waals surface area contributed by atoms with E-state index >= 15 is 0 Å². The number of H-pyrrole nitrogens is 1. The van der Waals surface area contributed by atoms with E-state index in [4.69, 9.17) is 0 Å². The number of nitrogens with one attached hydrogen (secondary N) is 2. The molecule has 2 aliphatic heterocycles. The van der Waals surface area contributed by atoms with Crippen molar-refractivity contribution in [2.24, 2.45) is 0 Å². The first kappa shape index (κ1) is 22.5. The van der Waals surface area contributed by atoms with Crippen molar-refractivity contribution in [1.29, 1.82) is 0 Å². The van der Waals surface area contributed by atoms with E-state index in [0.717, 1.165) is 18.5 Å². The van der Waals surface area contributed by atoms with Crippen molar-refractivity contribution in [3.05, 3.63) is 107 Å². The third-order valence-corrected chi connectivity index (χ3v) is 8.21. The Labute approximate surface area is 207 Å². The van der Waals surface area contributed by atoms with Gasteiger partial charge in [-0.25, -0.2) is 4.39 Å². The van der Waals surface area contributed by atoms with E-state index in [1.54, 1.807) is 12.1 Å². The van der Waals surface area contributed by atoms with Gasteiger partial charge in [0.15, 0.2) is 0 Å². The van der Waals surface area contributed by atoms with Crippen LogP contribution in [0.4, 0.5) is 4.39 Å². The lowest BCUT2D eigenvalue weighted by atomic mass is 9.92. The van der Waals surface area contributed by atoms with Crippen LogP contribution in [-0.2, 0) is 6.42 Å². The first-order valence-corrected chi connectivity index (χ1v) is 13.0. The molecule has 3 aromatic carbocycles. The Morgan fingerprint density at radius 3 is 2.29 bits per heavy atom. The fourth-order valence-corrected chi connectivity index (χ4v) is 6.40. The van der Waals surface area contributed by atoms with Crippen LogP contribution in [0.1, 0.15) is 54.0 Å². The average molecular weight is 468 g/mol. The number of aromatic amines is 1. The maximum absolute atomic E-state index is 13.7. The van der Waals surface area contributed by atoms with Gasteiger partial charge in [0.2, 0.25) is 0 Å². The number of fused-ring (bicyclic) bond motifs is 3. The Hall–Kier alpha value is -2.95. The molecule has 2 N–H and O–H groups in total. The van der Waals surface area contributed by atoms with Crippen LogP contribution in [0.5, 0.6) is 0 Å². The van der Waals surface area contributed by atoms with Crippen molar-refractivity contribution in [3.8, 4) is 0 Å². The monoisotopic (exact) mass is 467 g/mol. The normalized spacial score (nSPS) is 23.1. The molecule has 1 aromatic heterocycles. The number of halogens is 1. The number of nitrogens with zero attached hydrogens (tertiary/aromatic N) is 1. The number of hydrogen-bond donors (Lipinski definition) is 2. The molecule has 0 spiro atoms. The topological polar surface area (TPSA) is 31.1 Å². The van der Waals surface area contributed by atoms with Crippen molar-refractivity contribution < 1.29 is 4.39 Å². The van der Waals surface area contributed by atoms with Crippen molar-refractivity contribution >= 4 is 10.9 Å². The summed E-state index contributed by atoms with van der Waals surface area (Å²) < 4.78 is 13.7. The van der Waals surface area contributed by atoms with Crippen molar-refractivity contribution in [2.45, 2.75) is 63.2 Å². The van der Waals surface area contributed by atoms with Crippen LogP contribution in [0.15, 0.2) is 79.0 Å². The summed E-state index contributed by atoms with van der Waals surface area (Å²) in [5.74, 6) is -0.182. The van der Waals surface area contributed by atoms with Crippen LogP contribution in [0.25, 0.3) is 10.9 Å². The third kappa shape index (κ3) is 4.65. The second-order valence-corrected chi connectivity index (χ2v) is 10.5. The molecule has 2 saturated heterocycles. The van der Waals surface area contributed by atoms with Gasteiger partial charge in [0.25, 0.3) is 0 Å². The van der Waals surface area contributed by atoms with Gasteiger partial charge < -0.3 is 10.3 Å². The zero-order valence-corrected chi connectivity index (χ0v) is 20.4. The summed E-state index contributed by atoms with van der Waals surface area (Å²) >= 11 is 0. The van der Waals surface area contributed by atoms with Gasteiger partial charge in [-0.3, -0.25) is 4.90 Å². The highest BCUT2D eigenvalue weighted by atomic mass is 19.1.